The van der Waals surface area contributed by atoms with E-state index in [1.165, 1.54) is 6.20 Å². The standard InChI is InChI=1S/C20H21NO4S/c1-3-25-20(22)13-21-12-19(17-6-4-5-7-18(17)21)26(23,24)14-16-10-8-15(2)9-11-16/h4-12H,3,13-14H2,1-2H3. The van der Waals surface area contributed by atoms with Crippen LogP contribution in [-0.2, 0) is 31.7 Å². The van der Waals surface area contributed by atoms with Crippen LogP contribution >= 0.6 is 0 Å². The maximum Gasteiger partial charge on any atom is 0.325 e. The first-order valence-electron chi connectivity index (χ1n) is 8.42. The predicted molar refractivity (Wildman–Crippen MR) is 101 cm³/mol. The summed E-state index contributed by atoms with van der Waals surface area (Å²) >= 11 is 0. The Morgan fingerprint density at radius 1 is 1.08 bits per heavy atom. The van der Waals surface area contributed by atoms with Crippen molar-refractivity contribution in [2.75, 3.05) is 6.61 Å². The molecule has 0 saturated heterocycles. The average Bonchev–Trinajstić information content (AvgIpc) is 2.97. The lowest BCUT2D eigenvalue weighted by Gasteiger charge is -2.04. The van der Waals surface area contributed by atoms with E-state index in [-0.39, 0.29) is 23.8 Å². The van der Waals surface area contributed by atoms with Crippen molar-refractivity contribution in [1.82, 2.24) is 4.57 Å². The molecule has 0 bridgehead atoms. The molecule has 3 rings (SSSR count). The van der Waals surface area contributed by atoms with Crippen molar-refractivity contribution in [2.45, 2.75) is 31.0 Å². The lowest BCUT2D eigenvalue weighted by atomic mass is 10.2. The molecule has 1 aromatic heterocycles. The van der Waals surface area contributed by atoms with Crippen LogP contribution in [0.5, 0.6) is 0 Å². The third-order valence-corrected chi connectivity index (χ3v) is 5.88. The number of aryl methyl sites for hydroxylation is 1. The van der Waals surface area contributed by atoms with Crippen LogP contribution in [0.2, 0.25) is 0 Å². The molecule has 136 valence electrons. The summed E-state index contributed by atoms with van der Waals surface area (Å²) in [5.41, 5.74) is 2.51. The Morgan fingerprint density at radius 3 is 2.46 bits per heavy atom. The highest BCUT2D eigenvalue weighted by molar-refractivity contribution is 7.90. The van der Waals surface area contributed by atoms with Crippen LogP contribution in [0.4, 0.5) is 0 Å². The van der Waals surface area contributed by atoms with Gasteiger partial charge in [0, 0.05) is 17.1 Å². The summed E-state index contributed by atoms with van der Waals surface area (Å²) in [6, 6.07) is 14.6. The number of benzene rings is 2. The molecule has 0 saturated carbocycles. The van der Waals surface area contributed by atoms with Gasteiger partial charge in [0.25, 0.3) is 0 Å². The number of aromatic nitrogens is 1. The van der Waals surface area contributed by atoms with Crippen molar-refractivity contribution in [3.63, 3.8) is 0 Å². The van der Waals surface area contributed by atoms with E-state index in [9.17, 15) is 13.2 Å². The first-order valence-corrected chi connectivity index (χ1v) is 10.1. The molecule has 0 aliphatic heterocycles. The Kier molecular flexibility index (Phi) is 5.13. The van der Waals surface area contributed by atoms with Crippen molar-refractivity contribution >= 4 is 26.7 Å². The van der Waals surface area contributed by atoms with E-state index in [4.69, 9.17) is 4.74 Å². The second-order valence-corrected chi connectivity index (χ2v) is 8.15. The molecule has 3 aromatic rings. The van der Waals surface area contributed by atoms with Gasteiger partial charge in [-0.05, 0) is 25.5 Å². The summed E-state index contributed by atoms with van der Waals surface area (Å²) in [6.45, 7) is 3.97. The number of hydrogen-bond donors (Lipinski definition) is 0. The van der Waals surface area contributed by atoms with E-state index >= 15 is 0 Å². The normalized spacial score (nSPS) is 11.6. The van der Waals surface area contributed by atoms with Gasteiger partial charge in [0.15, 0.2) is 9.84 Å². The fourth-order valence-corrected chi connectivity index (χ4v) is 4.50. The molecule has 0 atom stereocenters. The molecule has 5 nitrogen and oxygen atoms in total. The Bertz CT molecular complexity index is 1030. The molecule has 0 amide bonds. The van der Waals surface area contributed by atoms with Gasteiger partial charge >= 0.3 is 5.97 Å². The van der Waals surface area contributed by atoms with Crippen molar-refractivity contribution in [3.8, 4) is 0 Å². The average molecular weight is 371 g/mol. The first-order chi connectivity index (χ1) is 12.4. The van der Waals surface area contributed by atoms with Crippen molar-refractivity contribution in [2.24, 2.45) is 0 Å². The third-order valence-electron chi connectivity index (χ3n) is 4.17. The van der Waals surface area contributed by atoms with Gasteiger partial charge in [0.1, 0.15) is 6.54 Å². The molecule has 26 heavy (non-hydrogen) atoms. The Hall–Kier alpha value is -2.60. The minimum absolute atomic E-state index is 0.0194. The Balaban J connectivity index is 2.01. The zero-order valence-corrected chi connectivity index (χ0v) is 15.6. The van der Waals surface area contributed by atoms with E-state index in [0.29, 0.717) is 10.9 Å². The molecule has 0 N–H and O–H groups in total. The topological polar surface area (TPSA) is 65.4 Å². The van der Waals surface area contributed by atoms with Crippen LogP contribution in [0.25, 0.3) is 10.9 Å². The van der Waals surface area contributed by atoms with Crippen molar-refractivity contribution < 1.29 is 17.9 Å². The van der Waals surface area contributed by atoms with E-state index in [1.807, 2.05) is 37.3 Å². The van der Waals surface area contributed by atoms with Crippen LogP contribution in [0, 0.1) is 6.92 Å². The zero-order chi connectivity index (χ0) is 18.7. The fraction of sp³-hybridized carbons (Fsp3) is 0.250. The van der Waals surface area contributed by atoms with Gasteiger partial charge in [0.05, 0.1) is 17.3 Å². The maximum atomic E-state index is 13.0. The van der Waals surface area contributed by atoms with Gasteiger partial charge in [-0.25, -0.2) is 8.42 Å². The second kappa shape index (κ2) is 7.33. The number of carbonyl (C=O) groups is 1. The summed E-state index contributed by atoms with van der Waals surface area (Å²) in [5, 5.41) is 0.615. The minimum atomic E-state index is -3.55. The quantitative estimate of drug-likeness (QED) is 0.622. The van der Waals surface area contributed by atoms with Gasteiger partial charge in [0.2, 0.25) is 0 Å². The van der Waals surface area contributed by atoms with Crippen molar-refractivity contribution in [3.05, 3.63) is 65.9 Å². The molecule has 6 heteroatoms. The van der Waals surface area contributed by atoms with Crippen LogP contribution in [0.3, 0.4) is 0 Å². The predicted octanol–water partition coefficient (Wildman–Crippen LogP) is 3.49. The van der Waals surface area contributed by atoms with Gasteiger partial charge in [-0.2, -0.15) is 0 Å². The number of sulfone groups is 1. The van der Waals surface area contributed by atoms with Crippen LogP contribution < -0.4 is 0 Å². The highest BCUT2D eigenvalue weighted by Gasteiger charge is 2.22. The minimum Gasteiger partial charge on any atom is -0.465 e. The molecule has 0 aliphatic rings. The molecule has 0 spiro atoms. The summed E-state index contributed by atoms with van der Waals surface area (Å²) in [6.07, 6.45) is 1.53. The fourth-order valence-electron chi connectivity index (χ4n) is 2.92. The van der Waals surface area contributed by atoms with E-state index in [0.717, 1.165) is 11.1 Å². The van der Waals surface area contributed by atoms with Crippen LogP contribution in [0.1, 0.15) is 18.1 Å². The number of ether oxygens (including phenoxy) is 1. The molecule has 2 aromatic carbocycles. The highest BCUT2D eigenvalue weighted by Crippen LogP contribution is 2.28. The number of esters is 1. The number of para-hydroxylation sites is 1. The summed E-state index contributed by atoms with van der Waals surface area (Å²) in [5.74, 6) is -0.475. The van der Waals surface area contributed by atoms with Crippen molar-refractivity contribution in [1.29, 1.82) is 0 Å². The van der Waals surface area contributed by atoms with Crippen LogP contribution in [-0.4, -0.2) is 25.6 Å². The van der Waals surface area contributed by atoms with E-state index in [1.54, 1.807) is 29.7 Å². The van der Waals surface area contributed by atoms with Gasteiger partial charge in [-0.15, -0.1) is 0 Å². The third kappa shape index (κ3) is 3.80. The molecule has 0 radical (unpaired) electrons. The Morgan fingerprint density at radius 2 is 1.77 bits per heavy atom. The molecule has 0 aliphatic carbocycles. The summed E-state index contributed by atoms with van der Waals surface area (Å²) in [7, 11) is -3.55. The lowest BCUT2D eigenvalue weighted by molar-refractivity contribution is -0.143. The van der Waals surface area contributed by atoms with E-state index in [2.05, 4.69) is 0 Å². The SMILES string of the molecule is CCOC(=O)Cn1cc(S(=O)(=O)Cc2ccc(C)cc2)c2ccccc21. The van der Waals surface area contributed by atoms with Gasteiger partial charge < -0.3 is 9.30 Å². The zero-order valence-electron chi connectivity index (χ0n) is 14.8. The number of carbonyl (C=O) groups excluding carboxylic acids is 1. The summed E-state index contributed by atoms with van der Waals surface area (Å²) in [4.78, 5) is 12.1. The number of fused-ring (bicyclic) bond motifs is 1. The smallest absolute Gasteiger partial charge is 0.325 e. The molecule has 0 fully saturated rings. The van der Waals surface area contributed by atoms with E-state index < -0.39 is 15.8 Å². The van der Waals surface area contributed by atoms with Gasteiger partial charge in [-0.1, -0.05) is 48.0 Å². The first kappa shape index (κ1) is 18.2. The molecule has 1 heterocycles. The van der Waals surface area contributed by atoms with Gasteiger partial charge in [-0.3, -0.25) is 4.79 Å². The monoisotopic (exact) mass is 371 g/mol. The largest absolute Gasteiger partial charge is 0.465 e. The Labute approximate surface area is 153 Å². The molecular weight excluding hydrogens is 350 g/mol. The maximum absolute atomic E-state index is 13.0. The highest BCUT2D eigenvalue weighted by atomic mass is 32.2. The lowest BCUT2D eigenvalue weighted by Crippen LogP contribution is -2.12. The number of rotatable bonds is 6. The number of nitrogens with zero attached hydrogens (tertiary/aromatic N) is 1. The van der Waals surface area contributed by atoms with Crippen LogP contribution in [0.15, 0.2) is 59.6 Å². The summed E-state index contributed by atoms with van der Waals surface area (Å²) < 4.78 is 32.6. The molecular formula is C20H21NO4S. The number of hydrogen-bond acceptors (Lipinski definition) is 4. The molecule has 0 unspecified atom stereocenters. The second-order valence-electron chi connectivity index (χ2n) is 6.19.